The molecule has 2 rings (SSSR count). The summed E-state index contributed by atoms with van der Waals surface area (Å²) in [7, 11) is 0. The standard InChI is InChI=1S/C12H13N/c1-9-5-6-10-3-2-4-11(8-13)12(10)7-9/h2-3,7,11H,4-6H2,1H3. The molecule has 2 aliphatic rings. The zero-order valence-electron chi connectivity index (χ0n) is 7.88. The lowest BCUT2D eigenvalue weighted by Gasteiger charge is -2.22. The molecule has 1 heteroatoms. The van der Waals surface area contributed by atoms with E-state index in [-0.39, 0.29) is 5.92 Å². The Balaban J connectivity index is 2.40. The zero-order valence-corrected chi connectivity index (χ0v) is 7.88. The van der Waals surface area contributed by atoms with Gasteiger partial charge in [-0.3, -0.25) is 0 Å². The molecule has 1 nitrogen and oxygen atoms in total. The van der Waals surface area contributed by atoms with Crippen molar-refractivity contribution in [3.05, 3.63) is 34.9 Å². The molecule has 1 atom stereocenters. The molecular formula is C12H13N. The molecule has 0 spiro atoms. The molecule has 0 heterocycles. The van der Waals surface area contributed by atoms with Crippen LogP contribution >= 0.6 is 0 Å². The highest BCUT2D eigenvalue weighted by Gasteiger charge is 2.20. The van der Waals surface area contributed by atoms with Gasteiger partial charge in [-0.25, -0.2) is 0 Å². The molecule has 0 saturated heterocycles. The highest BCUT2D eigenvalue weighted by Crippen LogP contribution is 2.33. The summed E-state index contributed by atoms with van der Waals surface area (Å²) in [5, 5.41) is 8.97. The first kappa shape index (κ1) is 8.31. The minimum atomic E-state index is 0.107. The summed E-state index contributed by atoms with van der Waals surface area (Å²) in [6.07, 6.45) is 9.68. The molecule has 0 N–H and O–H groups in total. The summed E-state index contributed by atoms with van der Waals surface area (Å²) in [6.45, 7) is 2.15. The first-order valence-electron chi connectivity index (χ1n) is 4.77. The van der Waals surface area contributed by atoms with Crippen molar-refractivity contribution < 1.29 is 0 Å². The Kier molecular flexibility index (Phi) is 2.06. The second-order valence-corrected chi connectivity index (χ2v) is 3.79. The maximum Gasteiger partial charge on any atom is 0.0749 e. The Bertz CT molecular complexity index is 350. The highest BCUT2D eigenvalue weighted by atomic mass is 14.3. The van der Waals surface area contributed by atoms with Crippen LogP contribution < -0.4 is 0 Å². The molecule has 0 aromatic carbocycles. The number of nitriles is 1. The van der Waals surface area contributed by atoms with E-state index >= 15 is 0 Å². The minimum Gasteiger partial charge on any atom is -0.198 e. The van der Waals surface area contributed by atoms with E-state index in [0.29, 0.717) is 0 Å². The summed E-state index contributed by atoms with van der Waals surface area (Å²) in [6, 6.07) is 2.37. The third-order valence-electron chi connectivity index (χ3n) is 2.78. The molecule has 0 aliphatic heterocycles. The van der Waals surface area contributed by atoms with Gasteiger partial charge in [0, 0.05) is 0 Å². The normalized spacial score (nSPS) is 26.5. The molecule has 0 aromatic rings. The lowest BCUT2D eigenvalue weighted by atomic mass is 9.81. The molecule has 0 radical (unpaired) electrons. The lowest BCUT2D eigenvalue weighted by Crippen LogP contribution is -2.09. The highest BCUT2D eigenvalue weighted by molar-refractivity contribution is 5.44. The molecule has 0 saturated carbocycles. The monoisotopic (exact) mass is 171 g/mol. The van der Waals surface area contributed by atoms with Crippen LogP contribution in [0.4, 0.5) is 0 Å². The second kappa shape index (κ2) is 3.22. The van der Waals surface area contributed by atoms with Gasteiger partial charge in [0.05, 0.1) is 12.0 Å². The van der Waals surface area contributed by atoms with Gasteiger partial charge in [-0.05, 0) is 37.3 Å². The molecule has 66 valence electrons. The van der Waals surface area contributed by atoms with E-state index in [0.717, 1.165) is 19.3 Å². The summed E-state index contributed by atoms with van der Waals surface area (Å²) in [5.74, 6) is 0.107. The molecule has 0 amide bonds. The predicted octanol–water partition coefficient (Wildman–Crippen LogP) is 3.12. The minimum absolute atomic E-state index is 0.107. The Hall–Kier alpha value is -1.29. The molecule has 0 aromatic heterocycles. The quantitative estimate of drug-likeness (QED) is 0.549. The number of allylic oxidation sites excluding steroid dienone is 6. The van der Waals surface area contributed by atoms with Gasteiger partial charge in [-0.2, -0.15) is 5.26 Å². The molecular weight excluding hydrogens is 158 g/mol. The van der Waals surface area contributed by atoms with Gasteiger partial charge in [0.15, 0.2) is 0 Å². The summed E-state index contributed by atoms with van der Waals surface area (Å²) < 4.78 is 0. The molecule has 1 unspecified atom stereocenters. The van der Waals surface area contributed by atoms with E-state index in [2.05, 4.69) is 31.2 Å². The largest absolute Gasteiger partial charge is 0.198 e. The van der Waals surface area contributed by atoms with Crippen LogP contribution in [-0.2, 0) is 0 Å². The van der Waals surface area contributed by atoms with E-state index < -0.39 is 0 Å². The molecule has 2 aliphatic carbocycles. The van der Waals surface area contributed by atoms with Gasteiger partial charge in [-0.15, -0.1) is 0 Å². The number of rotatable bonds is 0. The maximum atomic E-state index is 8.97. The van der Waals surface area contributed by atoms with Crippen LogP contribution in [-0.4, -0.2) is 0 Å². The van der Waals surface area contributed by atoms with E-state index in [1.165, 1.54) is 16.7 Å². The number of hydrogen-bond donors (Lipinski definition) is 0. The van der Waals surface area contributed by atoms with E-state index in [4.69, 9.17) is 5.26 Å². The Morgan fingerprint density at radius 2 is 2.31 bits per heavy atom. The summed E-state index contributed by atoms with van der Waals surface area (Å²) in [5.41, 5.74) is 4.06. The van der Waals surface area contributed by atoms with Crippen molar-refractivity contribution >= 4 is 0 Å². The first-order valence-corrected chi connectivity index (χ1v) is 4.77. The van der Waals surface area contributed by atoms with Gasteiger partial charge >= 0.3 is 0 Å². The van der Waals surface area contributed by atoms with Gasteiger partial charge in [0.2, 0.25) is 0 Å². The Labute approximate surface area is 79.1 Å². The predicted molar refractivity (Wildman–Crippen MR) is 52.9 cm³/mol. The van der Waals surface area contributed by atoms with E-state index in [1.807, 2.05) is 0 Å². The fourth-order valence-corrected chi connectivity index (χ4v) is 2.01. The maximum absolute atomic E-state index is 8.97. The van der Waals surface area contributed by atoms with Crippen LogP contribution in [0.2, 0.25) is 0 Å². The SMILES string of the molecule is CC1=CC2=C(C=CCC2C#N)CC1. The Morgan fingerprint density at radius 1 is 1.46 bits per heavy atom. The Morgan fingerprint density at radius 3 is 3.08 bits per heavy atom. The van der Waals surface area contributed by atoms with Crippen LogP contribution in [0.25, 0.3) is 0 Å². The molecule has 0 bridgehead atoms. The average molecular weight is 171 g/mol. The van der Waals surface area contributed by atoms with Gasteiger partial charge in [-0.1, -0.05) is 23.8 Å². The average Bonchev–Trinajstić information content (AvgIpc) is 2.17. The van der Waals surface area contributed by atoms with Gasteiger partial charge in [0.1, 0.15) is 0 Å². The fourth-order valence-electron chi connectivity index (χ4n) is 2.01. The molecule has 0 fully saturated rings. The van der Waals surface area contributed by atoms with Gasteiger partial charge in [0.25, 0.3) is 0 Å². The summed E-state index contributed by atoms with van der Waals surface area (Å²) >= 11 is 0. The van der Waals surface area contributed by atoms with Crippen LogP contribution in [0.3, 0.4) is 0 Å². The van der Waals surface area contributed by atoms with Crippen molar-refractivity contribution in [2.75, 3.05) is 0 Å². The zero-order chi connectivity index (χ0) is 9.26. The lowest BCUT2D eigenvalue weighted by molar-refractivity contribution is 0.750. The summed E-state index contributed by atoms with van der Waals surface area (Å²) in [4.78, 5) is 0. The third-order valence-corrected chi connectivity index (χ3v) is 2.78. The second-order valence-electron chi connectivity index (χ2n) is 3.79. The van der Waals surface area contributed by atoms with Crippen molar-refractivity contribution in [1.29, 1.82) is 5.26 Å². The van der Waals surface area contributed by atoms with Crippen LogP contribution in [0, 0.1) is 17.2 Å². The van der Waals surface area contributed by atoms with Crippen molar-refractivity contribution in [3.8, 4) is 6.07 Å². The first-order chi connectivity index (χ1) is 6.31. The molecule has 13 heavy (non-hydrogen) atoms. The van der Waals surface area contributed by atoms with Crippen LogP contribution in [0.5, 0.6) is 0 Å². The van der Waals surface area contributed by atoms with E-state index in [1.54, 1.807) is 0 Å². The smallest absolute Gasteiger partial charge is 0.0749 e. The fraction of sp³-hybridized carbons (Fsp3) is 0.417. The van der Waals surface area contributed by atoms with Crippen LogP contribution in [0.15, 0.2) is 34.9 Å². The van der Waals surface area contributed by atoms with Crippen molar-refractivity contribution in [2.24, 2.45) is 5.92 Å². The number of nitrogens with zero attached hydrogens (tertiary/aromatic N) is 1. The topological polar surface area (TPSA) is 23.8 Å². The number of hydrogen-bond acceptors (Lipinski definition) is 1. The van der Waals surface area contributed by atoms with Crippen LogP contribution in [0.1, 0.15) is 26.2 Å². The van der Waals surface area contributed by atoms with Crippen molar-refractivity contribution in [2.45, 2.75) is 26.2 Å². The van der Waals surface area contributed by atoms with E-state index in [9.17, 15) is 0 Å². The third kappa shape index (κ3) is 1.45. The van der Waals surface area contributed by atoms with Crippen molar-refractivity contribution in [1.82, 2.24) is 0 Å². The van der Waals surface area contributed by atoms with Gasteiger partial charge < -0.3 is 0 Å². The van der Waals surface area contributed by atoms with Crippen molar-refractivity contribution in [3.63, 3.8) is 0 Å².